The second-order valence-corrected chi connectivity index (χ2v) is 5.91. The van der Waals surface area contributed by atoms with Crippen molar-refractivity contribution in [3.63, 3.8) is 0 Å². The highest BCUT2D eigenvalue weighted by molar-refractivity contribution is 4.88. The van der Waals surface area contributed by atoms with E-state index in [0.717, 1.165) is 25.4 Å². The zero-order valence-corrected chi connectivity index (χ0v) is 10.7. The Hall–Kier alpha value is -0.120. The van der Waals surface area contributed by atoms with Gasteiger partial charge in [0, 0.05) is 25.7 Å². The summed E-state index contributed by atoms with van der Waals surface area (Å²) < 4.78 is 0. The van der Waals surface area contributed by atoms with Crippen LogP contribution in [0.4, 0.5) is 0 Å². The minimum atomic E-state index is -0.0913. The molecule has 16 heavy (non-hydrogen) atoms. The number of hydrogen-bond acceptors (Lipinski definition) is 3. The predicted octanol–water partition coefficient (Wildman–Crippen LogP) is 1.17. The maximum atomic E-state index is 9.80. The van der Waals surface area contributed by atoms with Crippen molar-refractivity contribution in [3.8, 4) is 0 Å². The topological polar surface area (TPSA) is 26.7 Å². The highest BCUT2D eigenvalue weighted by atomic mass is 16.3. The fraction of sp³-hybridized carbons (Fsp3) is 1.00. The van der Waals surface area contributed by atoms with Gasteiger partial charge in [0.25, 0.3) is 0 Å². The third kappa shape index (κ3) is 3.19. The number of likely N-dealkylation sites (N-methyl/N-ethyl adjacent to an activating group) is 1. The normalized spacial score (nSPS) is 33.0. The summed E-state index contributed by atoms with van der Waals surface area (Å²) in [6, 6.07) is 0.575. The molecule has 2 rings (SSSR count). The first-order valence-corrected chi connectivity index (χ1v) is 6.72. The number of hydrogen-bond donors (Lipinski definition) is 1. The van der Waals surface area contributed by atoms with E-state index in [-0.39, 0.29) is 6.10 Å². The number of aliphatic hydroxyl groups excluding tert-OH is 1. The van der Waals surface area contributed by atoms with Gasteiger partial charge in [0.1, 0.15) is 0 Å². The number of aliphatic hydroxyl groups is 1. The van der Waals surface area contributed by atoms with Gasteiger partial charge in [-0.15, -0.1) is 0 Å². The van der Waals surface area contributed by atoms with E-state index in [9.17, 15) is 5.11 Å². The van der Waals surface area contributed by atoms with Crippen molar-refractivity contribution in [2.45, 2.75) is 44.2 Å². The molecule has 1 aliphatic heterocycles. The Labute approximate surface area is 99.4 Å². The van der Waals surface area contributed by atoms with E-state index in [4.69, 9.17) is 0 Å². The molecule has 0 aromatic heterocycles. The molecule has 0 aromatic carbocycles. The number of likely N-dealkylation sites (tertiary alicyclic amines) is 1. The molecule has 2 fully saturated rings. The Kier molecular flexibility index (Phi) is 4.22. The fourth-order valence-corrected chi connectivity index (χ4v) is 3.32. The summed E-state index contributed by atoms with van der Waals surface area (Å²) in [5.74, 6) is 0.898. The van der Waals surface area contributed by atoms with Gasteiger partial charge in [-0.3, -0.25) is 4.90 Å². The molecule has 3 nitrogen and oxygen atoms in total. The summed E-state index contributed by atoms with van der Waals surface area (Å²) in [7, 11) is 4.25. The number of nitrogens with zero attached hydrogens (tertiary/aromatic N) is 2. The van der Waals surface area contributed by atoms with Crippen molar-refractivity contribution >= 4 is 0 Å². The van der Waals surface area contributed by atoms with E-state index >= 15 is 0 Å². The van der Waals surface area contributed by atoms with Crippen molar-refractivity contribution in [3.05, 3.63) is 0 Å². The van der Waals surface area contributed by atoms with Crippen LogP contribution in [0.1, 0.15) is 32.1 Å². The van der Waals surface area contributed by atoms with Gasteiger partial charge < -0.3 is 10.0 Å². The fourth-order valence-electron chi connectivity index (χ4n) is 3.32. The van der Waals surface area contributed by atoms with Crippen LogP contribution in [-0.4, -0.2) is 60.8 Å². The van der Waals surface area contributed by atoms with E-state index in [1.807, 2.05) is 0 Å². The number of β-amino-alcohol motifs (C(OH)–C–C–N with tert-alkyl or cyclic N) is 1. The molecule has 1 heterocycles. The van der Waals surface area contributed by atoms with Crippen LogP contribution in [0.15, 0.2) is 0 Å². The van der Waals surface area contributed by atoms with Crippen molar-refractivity contribution in [1.29, 1.82) is 0 Å². The van der Waals surface area contributed by atoms with E-state index in [1.165, 1.54) is 32.2 Å². The maximum Gasteiger partial charge on any atom is 0.0682 e. The first-order valence-electron chi connectivity index (χ1n) is 6.72. The summed E-state index contributed by atoms with van der Waals surface area (Å²) in [4.78, 5) is 4.77. The predicted molar refractivity (Wildman–Crippen MR) is 66.5 cm³/mol. The lowest BCUT2D eigenvalue weighted by atomic mass is 10.1. The van der Waals surface area contributed by atoms with Crippen molar-refractivity contribution in [1.82, 2.24) is 9.80 Å². The maximum absolute atomic E-state index is 9.80. The second kappa shape index (κ2) is 5.48. The Bertz CT molecular complexity index is 214. The largest absolute Gasteiger partial charge is 0.392 e. The molecule has 1 saturated carbocycles. The van der Waals surface area contributed by atoms with Gasteiger partial charge in [-0.1, -0.05) is 12.8 Å². The summed E-state index contributed by atoms with van der Waals surface area (Å²) in [5, 5.41) is 9.80. The minimum Gasteiger partial charge on any atom is -0.392 e. The molecule has 1 aliphatic carbocycles. The van der Waals surface area contributed by atoms with Crippen LogP contribution < -0.4 is 0 Å². The van der Waals surface area contributed by atoms with Gasteiger partial charge in [0.15, 0.2) is 0 Å². The van der Waals surface area contributed by atoms with Crippen LogP contribution in [0.5, 0.6) is 0 Å². The summed E-state index contributed by atoms with van der Waals surface area (Å²) >= 11 is 0. The number of rotatable bonds is 4. The van der Waals surface area contributed by atoms with Gasteiger partial charge in [-0.2, -0.15) is 0 Å². The van der Waals surface area contributed by atoms with E-state index in [2.05, 4.69) is 23.9 Å². The highest BCUT2D eigenvalue weighted by Crippen LogP contribution is 2.28. The summed E-state index contributed by atoms with van der Waals surface area (Å²) in [5.41, 5.74) is 0. The Morgan fingerprint density at radius 3 is 2.56 bits per heavy atom. The van der Waals surface area contributed by atoms with E-state index in [0.29, 0.717) is 6.04 Å². The zero-order chi connectivity index (χ0) is 11.5. The SMILES string of the molecule is CN(C)CC1CC(O)CN1CC1CCCC1. The highest BCUT2D eigenvalue weighted by Gasteiger charge is 2.32. The molecule has 0 aromatic rings. The molecule has 0 amide bonds. The van der Waals surface area contributed by atoms with Crippen LogP contribution in [0.3, 0.4) is 0 Å². The molecule has 2 atom stereocenters. The first kappa shape index (κ1) is 12.3. The lowest BCUT2D eigenvalue weighted by Gasteiger charge is -2.28. The third-order valence-electron chi connectivity index (χ3n) is 4.05. The molecule has 1 saturated heterocycles. The van der Waals surface area contributed by atoms with Crippen LogP contribution in [0.2, 0.25) is 0 Å². The van der Waals surface area contributed by atoms with Crippen molar-refractivity contribution < 1.29 is 5.11 Å². The average Bonchev–Trinajstić information content (AvgIpc) is 2.77. The Morgan fingerprint density at radius 2 is 1.94 bits per heavy atom. The van der Waals surface area contributed by atoms with E-state index in [1.54, 1.807) is 0 Å². The van der Waals surface area contributed by atoms with Gasteiger partial charge in [-0.25, -0.2) is 0 Å². The van der Waals surface area contributed by atoms with E-state index < -0.39 is 0 Å². The Balaban J connectivity index is 1.84. The molecule has 0 bridgehead atoms. The first-order chi connectivity index (χ1) is 7.65. The smallest absolute Gasteiger partial charge is 0.0682 e. The summed E-state index contributed by atoms with van der Waals surface area (Å²) in [6.45, 7) is 3.20. The molecular formula is C13H26N2O. The minimum absolute atomic E-state index is 0.0913. The van der Waals surface area contributed by atoms with Crippen molar-refractivity contribution in [2.24, 2.45) is 5.92 Å². The van der Waals surface area contributed by atoms with Crippen LogP contribution in [-0.2, 0) is 0 Å². The molecule has 0 radical (unpaired) electrons. The lowest BCUT2D eigenvalue weighted by Crippen LogP contribution is -2.39. The molecule has 2 aliphatic rings. The summed E-state index contributed by atoms with van der Waals surface area (Å²) in [6.07, 6.45) is 6.51. The molecule has 94 valence electrons. The molecule has 2 unspecified atom stereocenters. The van der Waals surface area contributed by atoms with Crippen LogP contribution in [0, 0.1) is 5.92 Å². The Morgan fingerprint density at radius 1 is 1.25 bits per heavy atom. The van der Waals surface area contributed by atoms with Crippen molar-refractivity contribution in [2.75, 3.05) is 33.7 Å². The molecule has 0 spiro atoms. The van der Waals surface area contributed by atoms with Gasteiger partial charge in [0.2, 0.25) is 0 Å². The molecule has 1 N–H and O–H groups in total. The molecule has 3 heteroatoms. The standard InChI is InChI=1S/C13H26N2O/c1-14(2)9-12-7-13(16)10-15(12)8-11-5-3-4-6-11/h11-13,16H,3-10H2,1-2H3. The zero-order valence-electron chi connectivity index (χ0n) is 10.7. The average molecular weight is 226 g/mol. The second-order valence-electron chi connectivity index (χ2n) is 5.91. The van der Waals surface area contributed by atoms with Gasteiger partial charge in [-0.05, 0) is 39.3 Å². The van der Waals surface area contributed by atoms with Gasteiger partial charge in [0.05, 0.1) is 6.10 Å². The van der Waals surface area contributed by atoms with Gasteiger partial charge >= 0.3 is 0 Å². The third-order valence-corrected chi connectivity index (χ3v) is 4.05. The molecular weight excluding hydrogens is 200 g/mol. The quantitative estimate of drug-likeness (QED) is 0.779. The van der Waals surface area contributed by atoms with Crippen LogP contribution in [0.25, 0.3) is 0 Å². The van der Waals surface area contributed by atoms with Crippen LogP contribution >= 0.6 is 0 Å². The monoisotopic (exact) mass is 226 g/mol. The lowest BCUT2D eigenvalue weighted by molar-refractivity contribution is 0.159.